The molecule has 0 saturated carbocycles. The maximum atomic E-state index is 13.3. The summed E-state index contributed by atoms with van der Waals surface area (Å²) >= 11 is 0. The smallest absolute Gasteiger partial charge is 0.416 e. The van der Waals surface area contributed by atoms with Gasteiger partial charge in [0.05, 0.1) is 23.1 Å². The Hall–Kier alpha value is -4.04. The van der Waals surface area contributed by atoms with Crippen LogP contribution in [0.1, 0.15) is 53.5 Å². The van der Waals surface area contributed by atoms with Crippen molar-refractivity contribution in [3.8, 4) is 0 Å². The van der Waals surface area contributed by atoms with E-state index in [2.05, 4.69) is 0 Å². The van der Waals surface area contributed by atoms with Crippen LogP contribution in [0.25, 0.3) is 16.7 Å². The Morgan fingerprint density at radius 2 is 1.62 bits per heavy atom. The lowest BCUT2D eigenvalue weighted by atomic mass is 9.99. The Balaban J connectivity index is 1.93. The molecule has 0 unspecified atom stereocenters. The molecule has 3 heterocycles. The standard InChI is InChI=1S/C27H25F3N2O5/c1-16-11-12-21-19(7-3-9-23(34)35)20(8-4-10-24(36)37)25-22(15-33)31(26(16)32(21)25)14-17-5-2-6-18(13-17)27(28,29)30/h2,5-6,11-13H,3-4,7-10,14H2,1H3,(H,34,35)(H,36,37). The Labute approximate surface area is 209 Å². The fourth-order valence-corrected chi connectivity index (χ4v) is 5.02. The van der Waals surface area contributed by atoms with Crippen LogP contribution in [0, 0.1) is 6.92 Å². The first-order chi connectivity index (χ1) is 17.5. The molecular weight excluding hydrogens is 489 g/mol. The summed E-state index contributed by atoms with van der Waals surface area (Å²) < 4.78 is 43.4. The van der Waals surface area contributed by atoms with E-state index in [1.54, 1.807) is 10.6 Å². The molecule has 4 rings (SSSR count). The van der Waals surface area contributed by atoms with Crippen LogP contribution in [0.2, 0.25) is 0 Å². The fraction of sp³-hybridized carbons (Fsp3) is 0.333. The molecule has 0 fully saturated rings. The van der Waals surface area contributed by atoms with Crippen LogP contribution in [-0.4, -0.2) is 37.1 Å². The van der Waals surface area contributed by atoms with E-state index >= 15 is 0 Å². The highest BCUT2D eigenvalue weighted by molar-refractivity contribution is 5.84. The second-order valence-corrected chi connectivity index (χ2v) is 9.10. The van der Waals surface area contributed by atoms with E-state index in [0.29, 0.717) is 42.4 Å². The van der Waals surface area contributed by atoms with Crippen LogP contribution in [0.5, 0.6) is 0 Å². The van der Waals surface area contributed by atoms with Crippen molar-refractivity contribution < 1.29 is 37.8 Å². The third-order valence-corrected chi connectivity index (χ3v) is 6.56. The van der Waals surface area contributed by atoms with Gasteiger partial charge in [-0.15, -0.1) is 0 Å². The van der Waals surface area contributed by atoms with Crippen LogP contribution in [0.4, 0.5) is 13.2 Å². The topological polar surface area (TPSA) is 101 Å². The molecule has 0 spiro atoms. The average Bonchev–Trinajstić information content (AvgIpc) is 3.30. The number of hydrogen-bond acceptors (Lipinski definition) is 3. The molecule has 0 aliphatic heterocycles. The lowest BCUT2D eigenvalue weighted by molar-refractivity contribution is -0.138. The number of aromatic nitrogens is 2. The minimum absolute atomic E-state index is 0.000952. The SMILES string of the molecule is Cc1ccc2c(CCCC(=O)O)c(CCCC(=O)O)c3c(=C=O)n(Cc4cccc(C(F)(F)F)c4)c1n23. The Kier molecular flexibility index (Phi) is 7.14. The molecule has 0 radical (unpaired) electrons. The summed E-state index contributed by atoms with van der Waals surface area (Å²) in [6.45, 7) is 1.83. The maximum absolute atomic E-state index is 13.3. The number of pyridine rings is 1. The summed E-state index contributed by atoms with van der Waals surface area (Å²) in [5, 5.41) is 18.4. The molecule has 0 saturated heterocycles. The van der Waals surface area contributed by atoms with Gasteiger partial charge >= 0.3 is 18.1 Å². The normalized spacial score (nSPS) is 11.9. The van der Waals surface area contributed by atoms with E-state index in [0.717, 1.165) is 34.3 Å². The number of carboxylic acids is 2. The van der Waals surface area contributed by atoms with Crippen molar-refractivity contribution in [2.45, 2.75) is 58.2 Å². The van der Waals surface area contributed by atoms with Crippen LogP contribution < -0.4 is 5.35 Å². The number of rotatable bonds is 10. The van der Waals surface area contributed by atoms with E-state index < -0.39 is 23.7 Å². The largest absolute Gasteiger partial charge is 0.481 e. The molecule has 0 atom stereocenters. The van der Waals surface area contributed by atoms with Gasteiger partial charge in [0.15, 0.2) is 11.3 Å². The Morgan fingerprint density at radius 3 is 2.22 bits per heavy atom. The van der Waals surface area contributed by atoms with Gasteiger partial charge in [0.25, 0.3) is 0 Å². The monoisotopic (exact) mass is 514 g/mol. The first-order valence-corrected chi connectivity index (χ1v) is 11.8. The molecule has 3 aromatic heterocycles. The zero-order valence-corrected chi connectivity index (χ0v) is 20.1. The highest BCUT2D eigenvalue weighted by Crippen LogP contribution is 2.32. The highest BCUT2D eigenvalue weighted by Gasteiger charge is 2.30. The van der Waals surface area contributed by atoms with Gasteiger partial charge in [-0.25, -0.2) is 4.79 Å². The van der Waals surface area contributed by atoms with Gasteiger partial charge in [0.1, 0.15) is 5.65 Å². The minimum Gasteiger partial charge on any atom is -0.481 e. The highest BCUT2D eigenvalue weighted by atomic mass is 19.4. The number of carboxylic acid groups (broad SMARTS) is 2. The lowest BCUT2D eigenvalue weighted by Crippen LogP contribution is -2.20. The summed E-state index contributed by atoms with van der Waals surface area (Å²) in [6.07, 6.45) is -3.21. The summed E-state index contributed by atoms with van der Waals surface area (Å²) in [5.74, 6) is 0.0925. The van der Waals surface area contributed by atoms with Crippen LogP contribution in [0.3, 0.4) is 0 Å². The quantitative estimate of drug-likeness (QED) is 0.329. The van der Waals surface area contributed by atoms with Crippen LogP contribution in [0.15, 0.2) is 36.4 Å². The predicted octanol–water partition coefficient (Wildman–Crippen LogP) is 4.31. The lowest BCUT2D eigenvalue weighted by Gasteiger charge is -2.12. The molecule has 194 valence electrons. The predicted molar refractivity (Wildman–Crippen MR) is 129 cm³/mol. The molecule has 0 bridgehead atoms. The van der Waals surface area contributed by atoms with Crippen molar-refractivity contribution in [1.29, 1.82) is 0 Å². The second-order valence-electron chi connectivity index (χ2n) is 9.10. The molecule has 4 aromatic rings. The van der Waals surface area contributed by atoms with Gasteiger partial charge in [0.2, 0.25) is 0 Å². The van der Waals surface area contributed by atoms with Crippen molar-refractivity contribution in [1.82, 2.24) is 8.97 Å². The molecule has 0 aliphatic carbocycles. The van der Waals surface area contributed by atoms with Crippen molar-refractivity contribution in [2.75, 3.05) is 0 Å². The van der Waals surface area contributed by atoms with E-state index in [1.165, 1.54) is 6.07 Å². The number of imidazole rings is 1. The molecular formula is C27H25F3N2O5. The number of halogens is 3. The number of aliphatic carboxylic acids is 2. The maximum Gasteiger partial charge on any atom is 0.416 e. The van der Waals surface area contributed by atoms with Crippen molar-refractivity contribution in [3.63, 3.8) is 0 Å². The molecule has 37 heavy (non-hydrogen) atoms. The number of nitrogens with zero attached hydrogens (tertiary/aromatic N) is 2. The zero-order chi connectivity index (χ0) is 26.9. The van der Waals surface area contributed by atoms with E-state index in [-0.39, 0.29) is 24.7 Å². The van der Waals surface area contributed by atoms with Gasteiger partial charge in [0, 0.05) is 12.8 Å². The van der Waals surface area contributed by atoms with Gasteiger partial charge in [-0.2, -0.15) is 13.2 Å². The third kappa shape index (κ3) is 5.11. The summed E-state index contributed by atoms with van der Waals surface area (Å²) in [7, 11) is 0. The first-order valence-electron chi connectivity index (χ1n) is 11.8. The van der Waals surface area contributed by atoms with E-state index in [1.807, 2.05) is 29.4 Å². The van der Waals surface area contributed by atoms with Gasteiger partial charge in [-0.3, -0.25) is 14.0 Å². The molecule has 7 nitrogen and oxygen atoms in total. The van der Waals surface area contributed by atoms with Crippen LogP contribution >= 0.6 is 0 Å². The molecule has 1 aromatic carbocycles. The van der Waals surface area contributed by atoms with Crippen molar-refractivity contribution in [2.24, 2.45) is 0 Å². The van der Waals surface area contributed by atoms with E-state index in [4.69, 9.17) is 10.2 Å². The molecule has 10 heteroatoms. The van der Waals surface area contributed by atoms with Crippen LogP contribution in [-0.2, 0) is 39.9 Å². The summed E-state index contributed by atoms with van der Waals surface area (Å²) in [5.41, 5.74) is 3.85. The number of aryl methyl sites for hydroxylation is 3. The van der Waals surface area contributed by atoms with Gasteiger partial charge < -0.3 is 14.8 Å². The first kappa shape index (κ1) is 26.0. The third-order valence-electron chi connectivity index (χ3n) is 6.56. The van der Waals surface area contributed by atoms with E-state index in [9.17, 15) is 27.6 Å². The Bertz CT molecular complexity index is 1580. The second kappa shape index (κ2) is 10.1. The summed E-state index contributed by atoms with van der Waals surface area (Å²) in [4.78, 5) is 34.6. The average molecular weight is 515 g/mol. The number of carbonyl (C=O) groups excluding carboxylic acids is 1. The molecule has 2 N–H and O–H groups in total. The fourth-order valence-electron chi connectivity index (χ4n) is 5.02. The van der Waals surface area contributed by atoms with Crippen molar-refractivity contribution in [3.05, 3.63) is 69.6 Å². The molecule has 0 aliphatic rings. The number of hydrogen-bond donors (Lipinski definition) is 2. The number of alkyl halides is 3. The molecule has 0 amide bonds. The number of benzene rings is 1. The Morgan fingerprint density at radius 1 is 0.973 bits per heavy atom. The van der Waals surface area contributed by atoms with Gasteiger partial charge in [-0.05, 0) is 73.1 Å². The van der Waals surface area contributed by atoms with Gasteiger partial charge in [-0.1, -0.05) is 18.2 Å². The minimum atomic E-state index is -4.51. The number of carbonyl (C=O) groups is 2. The van der Waals surface area contributed by atoms with Crippen molar-refractivity contribution >= 4 is 34.6 Å². The summed E-state index contributed by atoms with van der Waals surface area (Å²) in [6, 6.07) is 8.65. The zero-order valence-electron chi connectivity index (χ0n) is 20.1.